The number of carbonyl (C=O) groups is 1. The van der Waals surface area contributed by atoms with Gasteiger partial charge in [-0.05, 0) is 0 Å². The number of halogens is 2. The van der Waals surface area contributed by atoms with Crippen LogP contribution in [-0.4, -0.2) is 22.7 Å². The van der Waals surface area contributed by atoms with Crippen molar-refractivity contribution in [2.24, 2.45) is 5.73 Å². The van der Waals surface area contributed by atoms with Crippen LogP contribution in [0.15, 0.2) is 0 Å². The number of aliphatic carboxylic acids is 1. The van der Waals surface area contributed by atoms with E-state index in [-0.39, 0.29) is 0 Å². The molecule has 0 bridgehead atoms. The van der Waals surface area contributed by atoms with E-state index in [1.807, 2.05) is 0 Å². The molecule has 2 atom stereocenters. The van der Waals surface area contributed by atoms with Crippen molar-refractivity contribution >= 4 is 17.6 Å². The Hall–Kier alpha value is -0.350. The number of hydrogen-bond acceptors (Lipinski definition) is 2. The van der Waals surface area contributed by atoms with E-state index < -0.39 is 17.6 Å². The molecule has 0 fully saturated rings. The zero-order chi connectivity index (χ0) is 6.73. The van der Waals surface area contributed by atoms with Crippen molar-refractivity contribution in [3.8, 4) is 0 Å². The summed E-state index contributed by atoms with van der Waals surface area (Å²) in [4.78, 5) is 9.69. The van der Waals surface area contributed by atoms with Crippen molar-refractivity contribution in [1.82, 2.24) is 0 Å². The summed E-state index contributed by atoms with van der Waals surface area (Å²) in [6.45, 7) is 0. The zero-order valence-corrected chi connectivity index (χ0v) is 4.60. The van der Waals surface area contributed by atoms with Gasteiger partial charge >= 0.3 is 5.97 Å². The predicted molar refractivity (Wildman–Crippen MR) is 26.4 cm³/mol. The van der Waals surface area contributed by atoms with Gasteiger partial charge in [-0.2, -0.15) is 0 Å². The Labute approximate surface area is 50.2 Å². The Morgan fingerprint density at radius 3 is 2.25 bits per heavy atom. The number of hydrogen-bond donors (Lipinski definition) is 2. The Balaban J connectivity index is 3.64. The van der Waals surface area contributed by atoms with Crippen molar-refractivity contribution in [1.29, 1.82) is 0 Å². The minimum absolute atomic E-state index is 1.44. The van der Waals surface area contributed by atoms with Gasteiger partial charge in [0.1, 0.15) is 6.04 Å². The summed E-state index contributed by atoms with van der Waals surface area (Å²) in [6, 6.07) is -1.61. The molecule has 0 spiro atoms. The molecule has 5 heteroatoms. The fourth-order valence-corrected chi connectivity index (χ4v) is 0.216. The van der Waals surface area contributed by atoms with Crippen molar-refractivity contribution < 1.29 is 14.3 Å². The van der Waals surface area contributed by atoms with Crippen molar-refractivity contribution in [3.63, 3.8) is 0 Å². The third-order valence-corrected chi connectivity index (χ3v) is 0.828. The first-order valence-corrected chi connectivity index (χ1v) is 2.26. The quantitative estimate of drug-likeness (QED) is 0.530. The van der Waals surface area contributed by atoms with Crippen LogP contribution in [0.25, 0.3) is 0 Å². The van der Waals surface area contributed by atoms with Crippen LogP contribution >= 0.6 is 11.6 Å². The van der Waals surface area contributed by atoms with Gasteiger partial charge in [-0.3, -0.25) is 4.79 Å². The highest BCUT2D eigenvalue weighted by atomic mass is 35.5. The molecule has 0 aliphatic carbocycles. The fourth-order valence-electron chi connectivity index (χ4n) is 0.108. The van der Waals surface area contributed by atoms with E-state index in [2.05, 4.69) is 17.3 Å². The van der Waals surface area contributed by atoms with E-state index in [1.165, 1.54) is 0 Å². The Kier molecular flexibility index (Phi) is 2.71. The highest BCUT2D eigenvalue weighted by molar-refractivity contribution is 6.21. The van der Waals surface area contributed by atoms with Gasteiger partial charge in [0.2, 0.25) is 0 Å². The van der Waals surface area contributed by atoms with Gasteiger partial charge in [0.25, 0.3) is 0 Å². The van der Waals surface area contributed by atoms with Gasteiger partial charge < -0.3 is 10.8 Å². The molecule has 2 unspecified atom stereocenters. The normalized spacial score (nSPS) is 17.4. The molecule has 0 heterocycles. The summed E-state index contributed by atoms with van der Waals surface area (Å²) >= 11 is 4.65. The van der Waals surface area contributed by atoms with Crippen LogP contribution in [0.4, 0.5) is 4.39 Å². The molecule has 8 heavy (non-hydrogen) atoms. The average Bonchev–Trinajstić information content (AvgIpc) is 1.64. The second-order valence-electron chi connectivity index (χ2n) is 1.20. The number of carboxylic acid groups (broad SMARTS) is 1. The molecule has 0 amide bonds. The van der Waals surface area contributed by atoms with E-state index in [0.717, 1.165) is 0 Å². The summed E-state index contributed by atoms with van der Waals surface area (Å²) < 4.78 is 11.6. The van der Waals surface area contributed by atoms with Crippen molar-refractivity contribution in [2.75, 3.05) is 0 Å². The van der Waals surface area contributed by atoms with E-state index in [0.29, 0.717) is 0 Å². The average molecular weight is 142 g/mol. The molecule has 0 saturated heterocycles. The Morgan fingerprint density at radius 2 is 2.25 bits per heavy atom. The largest absolute Gasteiger partial charge is 0.480 e. The van der Waals surface area contributed by atoms with Crippen molar-refractivity contribution in [2.45, 2.75) is 11.7 Å². The first kappa shape index (κ1) is 7.65. The minimum atomic E-state index is -2.01. The van der Waals surface area contributed by atoms with Crippen LogP contribution < -0.4 is 5.73 Å². The summed E-state index contributed by atoms with van der Waals surface area (Å²) in [6.07, 6.45) is 0. The second kappa shape index (κ2) is 2.84. The molecular formula is C3H5ClFNO2. The lowest BCUT2D eigenvalue weighted by Gasteiger charge is -2.02. The number of nitrogens with two attached hydrogens (primary N) is 1. The molecule has 0 aromatic rings. The van der Waals surface area contributed by atoms with Crippen molar-refractivity contribution in [3.05, 3.63) is 0 Å². The predicted octanol–water partition coefficient (Wildman–Crippen LogP) is -0.0673. The van der Waals surface area contributed by atoms with Crippen LogP contribution in [0.2, 0.25) is 0 Å². The van der Waals surface area contributed by atoms with Gasteiger partial charge in [-0.15, -0.1) is 0 Å². The molecule has 0 aromatic heterocycles. The van der Waals surface area contributed by atoms with Gasteiger partial charge in [0.15, 0.2) is 5.63 Å². The smallest absolute Gasteiger partial charge is 0.324 e. The molecule has 0 aromatic carbocycles. The van der Waals surface area contributed by atoms with E-state index in [1.54, 1.807) is 0 Å². The van der Waals surface area contributed by atoms with Crippen LogP contribution in [-0.2, 0) is 4.79 Å². The summed E-state index contributed by atoms with van der Waals surface area (Å²) in [5.41, 5.74) is 2.65. The number of carboxylic acids is 1. The molecule has 0 saturated carbocycles. The Morgan fingerprint density at radius 1 is 1.88 bits per heavy atom. The van der Waals surface area contributed by atoms with Crippen LogP contribution in [0, 0.1) is 0 Å². The number of alkyl halides is 2. The topological polar surface area (TPSA) is 63.3 Å². The zero-order valence-electron chi connectivity index (χ0n) is 3.84. The molecule has 0 aliphatic heterocycles. The molecule has 48 valence electrons. The third-order valence-electron chi connectivity index (χ3n) is 0.557. The lowest BCUT2D eigenvalue weighted by molar-refractivity contribution is -0.139. The second-order valence-corrected chi connectivity index (χ2v) is 1.62. The van der Waals surface area contributed by atoms with Gasteiger partial charge in [0.05, 0.1) is 0 Å². The highest BCUT2D eigenvalue weighted by Gasteiger charge is 2.20. The van der Waals surface area contributed by atoms with E-state index in [9.17, 15) is 9.18 Å². The summed E-state index contributed by atoms with van der Waals surface area (Å²) in [7, 11) is 0. The van der Waals surface area contributed by atoms with Crippen LogP contribution in [0.1, 0.15) is 0 Å². The van der Waals surface area contributed by atoms with Gasteiger partial charge in [-0.1, -0.05) is 11.6 Å². The number of rotatable bonds is 2. The van der Waals surface area contributed by atoms with Crippen LogP contribution in [0.3, 0.4) is 0 Å². The van der Waals surface area contributed by atoms with Gasteiger partial charge in [0, 0.05) is 0 Å². The third kappa shape index (κ3) is 2.09. The van der Waals surface area contributed by atoms with E-state index >= 15 is 0 Å². The molecule has 3 nitrogen and oxygen atoms in total. The summed E-state index contributed by atoms with van der Waals surface area (Å²) in [5, 5.41) is 7.90. The maximum absolute atomic E-state index is 11.6. The maximum Gasteiger partial charge on any atom is 0.324 e. The molecule has 0 radical (unpaired) electrons. The molecule has 0 rings (SSSR count). The van der Waals surface area contributed by atoms with Gasteiger partial charge in [-0.25, -0.2) is 4.39 Å². The van der Waals surface area contributed by atoms with E-state index in [4.69, 9.17) is 5.11 Å². The highest BCUT2D eigenvalue weighted by Crippen LogP contribution is 2.00. The fraction of sp³-hybridized carbons (Fsp3) is 0.667. The Bertz CT molecular complexity index is 97.3. The SMILES string of the molecule is NC(C(=O)O)C(F)Cl. The lowest BCUT2D eigenvalue weighted by atomic mass is 10.4. The first-order chi connectivity index (χ1) is 3.55. The maximum atomic E-state index is 11.6. The summed E-state index contributed by atoms with van der Waals surface area (Å²) in [5.74, 6) is -1.44. The van der Waals surface area contributed by atoms with Crippen LogP contribution in [0.5, 0.6) is 0 Å². The molecular weight excluding hydrogens is 136 g/mol. The first-order valence-electron chi connectivity index (χ1n) is 1.82. The standard InChI is InChI=1S/C3H5ClFNO2/c4-2(5)1(6)3(7)8/h1-2H,6H2,(H,7,8). The minimum Gasteiger partial charge on any atom is -0.480 e. The molecule has 0 aliphatic rings. The molecule has 3 N–H and O–H groups in total. The monoisotopic (exact) mass is 141 g/mol. The lowest BCUT2D eigenvalue weighted by Crippen LogP contribution is -2.36.